The van der Waals surface area contributed by atoms with E-state index in [-0.39, 0.29) is 16.7 Å². The number of halogens is 1. The van der Waals surface area contributed by atoms with Gasteiger partial charge in [0.15, 0.2) is 0 Å². The smallest absolute Gasteiger partial charge is 0.243 e. The highest BCUT2D eigenvalue weighted by atomic mass is 35.5. The van der Waals surface area contributed by atoms with E-state index in [1.165, 1.54) is 18.3 Å². The molecule has 1 atom stereocenters. The summed E-state index contributed by atoms with van der Waals surface area (Å²) < 4.78 is 25.6. The molecule has 15 heavy (non-hydrogen) atoms. The Morgan fingerprint density at radius 1 is 1.67 bits per heavy atom. The average molecular weight is 251 g/mol. The summed E-state index contributed by atoms with van der Waals surface area (Å²) in [6.45, 7) is 1.26. The lowest BCUT2D eigenvalue weighted by atomic mass is 10.4. The Bertz CT molecular complexity index is 435. The molecule has 0 aliphatic carbocycles. The summed E-state index contributed by atoms with van der Waals surface area (Å²) >= 11 is 5.64. The zero-order chi connectivity index (χ0) is 11.5. The summed E-state index contributed by atoms with van der Waals surface area (Å²) in [5, 5.41) is 8.65. The number of hydrogen-bond donors (Lipinski definition) is 2. The molecule has 2 N–H and O–H groups in total. The molecule has 0 radical (unpaired) electrons. The first-order chi connectivity index (χ1) is 6.97. The van der Waals surface area contributed by atoms with Crippen LogP contribution in [-0.2, 0) is 10.0 Å². The monoisotopic (exact) mass is 250 g/mol. The number of rotatable bonds is 4. The van der Waals surface area contributed by atoms with Crippen LogP contribution in [0.4, 0.5) is 0 Å². The van der Waals surface area contributed by atoms with Gasteiger partial charge in [0, 0.05) is 12.2 Å². The van der Waals surface area contributed by atoms with E-state index in [9.17, 15) is 8.42 Å². The fraction of sp³-hybridized carbons (Fsp3) is 0.375. The Morgan fingerprint density at radius 3 is 2.87 bits per heavy atom. The van der Waals surface area contributed by atoms with Crippen LogP contribution in [0.25, 0.3) is 0 Å². The van der Waals surface area contributed by atoms with Crippen LogP contribution in [0, 0.1) is 0 Å². The van der Waals surface area contributed by atoms with E-state index in [0.29, 0.717) is 0 Å². The van der Waals surface area contributed by atoms with Crippen molar-refractivity contribution < 1.29 is 13.5 Å². The fourth-order valence-electron chi connectivity index (χ4n) is 0.937. The Balaban J connectivity index is 3.02. The van der Waals surface area contributed by atoms with Gasteiger partial charge < -0.3 is 5.11 Å². The fourth-order valence-corrected chi connectivity index (χ4v) is 2.62. The quantitative estimate of drug-likeness (QED) is 0.758. The molecule has 84 valence electrons. The third-order valence-corrected chi connectivity index (χ3v) is 3.68. The number of aromatic nitrogens is 1. The molecule has 7 heteroatoms. The lowest BCUT2D eigenvalue weighted by Gasteiger charge is -2.11. The second kappa shape index (κ2) is 4.89. The molecular weight excluding hydrogens is 240 g/mol. The van der Waals surface area contributed by atoms with E-state index >= 15 is 0 Å². The van der Waals surface area contributed by atoms with Gasteiger partial charge in [-0.15, -0.1) is 0 Å². The maximum Gasteiger partial charge on any atom is 0.243 e. The predicted molar refractivity (Wildman–Crippen MR) is 56.1 cm³/mol. The maximum atomic E-state index is 11.7. The number of nitrogens with one attached hydrogen (secondary N) is 1. The van der Waals surface area contributed by atoms with Crippen molar-refractivity contribution in [2.24, 2.45) is 0 Å². The second-order valence-corrected chi connectivity index (χ2v) is 5.04. The zero-order valence-corrected chi connectivity index (χ0v) is 9.59. The van der Waals surface area contributed by atoms with Crippen molar-refractivity contribution in [3.05, 3.63) is 23.5 Å². The molecule has 0 aromatic carbocycles. The topological polar surface area (TPSA) is 79.3 Å². The average Bonchev–Trinajstić information content (AvgIpc) is 2.17. The Labute approximate surface area is 93.2 Å². The van der Waals surface area contributed by atoms with Gasteiger partial charge in [0.05, 0.1) is 6.61 Å². The highest BCUT2D eigenvalue weighted by molar-refractivity contribution is 7.89. The van der Waals surface area contributed by atoms with Crippen LogP contribution in [0.1, 0.15) is 6.92 Å². The van der Waals surface area contributed by atoms with Crippen molar-refractivity contribution in [1.29, 1.82) is 0 Å². The van der Waals surface area contributed by atoms with E-state index in [4.69, 9.17) is 16.7 Å². The van der Waals surface area contributed by atoms with Crippen LogP contribution in [0.15, 0.2) is 23.2 Å². The molecule has 1 heterocycles. The molecule has 0 amide bonds. The first kappa shape index (κ1) is 12.4. The SMILES string of the molecule is C[C@H](CO)NS(=O)(=O)c1cccnc1Cl. The first-order valence-electron chi connectivity index (χ1n) is 4.21. The maximum absolute atomic E-state index is 11.7. The highest BCUT2D eigenvalue weighted by Crippen LogP contribution is 2.17. The number of aliphatic hydroxyl groups is 1. The van der Waals surface area contributed by atoms with Gasteiger partial charge in [-0.3, -0.25) is 0 Å². The van der Waals surface area contributed by atoms with Crippen molar-refractivity contribution in [3.8, 4) is 0 Å². The highest BCUT2D eigenvalue weighted by Gasteiger charge is 2.20. The molecule has 0 saturated carbocycles. The van der Waals surface area contributed by atoms with Crippen LogP contribution in [0.3, 0.4) is 0 Å². The summed E-state index contributed by atoms with van der Waals surface area (Å²) in [7, 11) is -3.71. The minimum atomic E-state index is -3.71. The standard InChI is InChI=1S/C8H11ClN2O3S/c1-6(5-12)11-15(13,14)7-3-2-4-10-8(7)9/h2-4,6,11-12H,5H2,1H3/t6-/m1/s1. The lowest BCUT2D eigenvalue weighted by Crippen LogP contribution is -2.35. The number of nitrogens with zero attached hydrogens (tertiary/aromatic N) is 1. The van der Waals surface area contributed by atoms with Gasteiger partial charge in [0.1, 0.15) is 10.0 Å². The van der Waals surface area contributed by atoms with E-state index in [0.717, 1.165) is 0 Å². The molecule has 0 aliphatic heterocycles. The van der Waals surface area contributed by atoms with Crippen molar-refractivity contribution in [1.82, 2.24) is 9.71 Å². The number of pyridine rings is 1. The largest absolute Gasteiger partial charge is 0.395 e. The Kier molecular flexibility index (Phi) is 4.04. The van der Waals surface area contributed by atoms with E-state index in [1.807, 2.05) is 0 Å². The molecule has 0 saturated heterocycles. The number of hydrogen-bond acceptors (Lipinski definition) is 4. The molecular formula is C8H11ClN2O3S. The second-order valence-electron chi connectivity index (χ2n) is 3.00. The third-order valence-electron chi connectivity index (χ3n) is 1.64. The van der Waals surface area contributed by atoms with Gasteiger partial charge in [0.2, 0.25) is 10.0 Å². The Hall–Kier alpha value is -0.690. The van der Waals surface area contributed by atoms with E-state index in [2.05, 4.69) is 9.71 Å². The molecule has 0 aliphatic rings. The number of aliphatic hydroxyl groups excluding tert-OH is 1. The molecule has 1 rings (SSSR count). The minimum Gasteiger partial charge on any atom is -0.395 e. The third kappa shape index (κ3) is 3.13. The zero-order valence-electron chi connectivity index (χ0n) is 8.01. The van der Waals surface area contributed by atoms with Crippen LogP contribution in [0.2, 0.25) is 5.15 Å². The minimum absolute atomic E-state index is 0.0878. The molecule has 1 aromatic rings. The normalized spacial score (nSPS) is 13.8. The van der Waals surface area contributed by atoms with Crippen LogP contribution in [0.5, 0.6) is 0 Å². The van der Waals surface area contributed by atoms with E-state index < -0.39 is 16.1 Å². The summed E-state index contributed by atoms with van der Waals surface area (Å²) in [4.78, 5) is 3.57. The van der Waals surface area contributed by atoms with Gasteiger partial charge in [-0.05, 0) is 19.1 Å². The Morgan fingerprint density at radius 2 is 2.33 bits per heavy atom. The molecule has 0 unspecified atom stereocenters. The van der Waals surface area contributed by atoms with Crippen molar-refractivity contribution in [2.75, 3.05) is 6.61 Å². The summed E-state index contributed by atoms with van der Waals surface area (Å²) in [6, 6.07) is 2.26. The molecule has 0 spiro atoms. The summed E-state index contributed by atoms with van der Waals surface area (Å²) in [5.41, 5.74) is 0. The van der Waals surface area contributed by atoms with Crippen LogP contribution >= 0.6 is 11.6 Å². The summed E-state index contributed by atoms with van der Waals surface area (Å²) in [6.07, 6.45) is 1.40. The van der Waals surface area contributed by atoms with Crippen molar-refractivity contribution >= 4 is 21.6 Å². The van der Waals surface area contributed by atoms with Gasteiger partial charge in [-0.25, -0.2) is 18.1 Å². The van der Waals surface area contributed by atoms with Crippen molar-refractivity contribution in [2.45, 2.75) is 17.9 Å². The lowest BCUT2D eigenvalue weighted by molar-refractivity contribution is 0.265. The molecule has 5 nitrogen and oxygen atoms in total. The van der Waals surface area contributed by atoms with E-state index in [1.54, 1.807) is 6.92 Å². The van der Waals surface area contributed by atoms with Crippen molar-refractivity contribution in [3.63, 3.8) is 0 Å². The van der Waals surface area contributed by atoms with Crippen LogP contribution < -0.4 is 4.72 Å². The summed E-state index contributed by atoms with van der Waals surface area (Å²) in [5.74, 6) is 0. The van der Waals surface area contributed by atoms with Crippen LogP contribution in [-0.4, -0.2) is 31.2 Å². The van der Waals surface area contributed by atoms with Gasteiger partial charge in [-0.1, -0.05) is 11.6 Å². The first-order valence-corrected chi connectivity index (χ1v) is 6.07. The molecule has 0 fully saturated rings. The van der Waals surface area contributed by atoms with Gasteiger partial charge in [-0.2, -0.15) is 0 Å². The van der Waals surface area contributed by atoms with Gasteiger partial charge in [0.25, 0.3) is 0 Å². The number of sulfonamides is 1. The predicted octanol–water partition coefficient (Wildman–Crippen LogP) is 0.394. The molecule has 1 aromatic heterocycles. The molecule has 0 bridgehead atoms. The van der Waals surface area contributed by atoms with Gasteiger partial charge >= 0.3 is 0 Å².